The van der Waals surface area contributed by atoms with Gasteiger partial charge in [-0.25, -0.2) is 14.8 Å². The Morgan fingerprint density at radius 2 is 2.05 bits per heavy atom. The summed E-state index contributed by atoms with van der Waals surface area (Å²) in [5, 5.41) is 21.8. The van der Waals surface area contributed by atoms with Crippen LogP contribution in [0, 0.1) is 18.3 Å². The highest BCUT2D eigenvalue weighted by atomic mass is 32.1. The Labute approximate surface area is 218 Å². The van der Waals surface area contributed by atoms with Crippen molar-refractivity contribution in [3.8, 4) is 17.2 Å². The number of esters is 1. The van der Waals surface area contributed by atoms with Gasteiger partial charge < -0.3 is 15.4 Å². The highest BCUT2D eigenvalue weighted by Crippen LogP contribution is 2.29. The van der Waals surface area contributed by atoms with Crippen LogP contribution >= 0.6 is 11.3 Å². The summed E-state index contributed by atoms with van der Waals surface area (Å²) >= 11 is 1.06. The van der Waals surface area contributed by atoms with Crippen molar-refractivity contribution in [3.05, 3.63) is 53.4 Å². The van der Waals surface area contributed by atoms with Crippen LogP contribution in [0.3, 0.4) is 0 Å². The lowest BCUT2D eigenvalue weighted by Gasteiger charge is -2.17. The van der Waals surface area contributed by atoms with Crippen molar-refractivity contribution in [1.82, 2.24) is 19.7 Å². The van der Waals surface area contributed by atoms with E-state index in [1.54, 1.807) is 37.8 Å². The first kappa shape index (κ1) is 25.8. The summed E-state index contributed by atoms with van der Waals surface area (Å²) in [5.74, 6) is -0.219. The number of ether oxygens (including phenoxy) is 1. The Hall–Kier alpha value is -4.30. The normalized spacial score (nSPS) is 11.8. The van der Waals surface area contributed by atoms with Gasteiger partial charge in [0, 0.05) is 42.9 Å². The maximum Gasteiger partial charge on any atom is 0.350 e. The van der Waals surface area contributed by atoms with Crippen molar-refractivity contribution >= 4 is 44.9 Å². The number of aryl methyl sites for hydroxylation is 2. The van der Waals surface area contributed by atoms with Gasteiger partial charge in [-0.15, -0.1) is 0 Å². The maximum atomic E-state index is 12.8. The van der Waals surface area contributed by atoms with Crippen molar-refractivity contribution in [2.24, 2.45) is 7.05 Å². The minimum atomic E-state index is -0.489. The van der Waals surface area contributed by atoms with Gasteiger partial charge in [-0.05, 0) is 43.9 Å². The largest absolute Gasteiger partial charge is 0.459 e. The molecule has 0 saturated heterocycles. The van der Waals surface area contributed by atoms with E-state index in [4.69, 9.17) is 4.74 Å². The van der Waals surface area contributed by atoms with Crippen LogP contribution in [0.2, 0.25) is 0 Å². The van der Waals surface area contributed by atoms with E-state index in [0.717, 1.165) is 33.2 Å². The molecule has 0 aliphatic heterocycles. The summed E-state index contributed by atoms with van der Waals surface area (Å²) in [4.78, 5) is 34.2. The van der Waals surface area contributed by atoms with Crippen molar-refractivity contribution in [1.29, 1.82) is 5.26 Å². The fourth-order valence-corrected chi connectivity index (χ4v) is 4.68. The highest BCUT2D eigenvalue weighted by molar-refractivity contribution is 7.17. The second-order valence-electron chi connectivity index (χ2n) is 8.84. The molecule has 0 spiro atoms. The fraction of sp³-hybridized carbons (Fsp3) is 0.308. The minimum absolute atomic E-state index is 0.0122. The van der Waals surface area contributed by atoms with Gasteiger partial charge >= 0.3 is 5.97 Å². The van der Waals surface area contributed by atoms with Gasteiger partial charge in [0.05, 0.1) is 30.5 Å². The Morgan fingerprint density at radius 1 is 1.24 bits per heavy atom. The van der Waals surface area contributed by atoms with E-state index in [-0.39, 0.29) is 24.9 Å². The maximum absolute atomic E-state index is 12.8. The van der Waals surface area contributed by atoms with E-state index in [0.29, 0.717) is 21.5 Å². The Kier molecular flexibility index (Phi) is 7.79. The number of fused-ring (bicyclic) bond motifs is 1. The third-order valence-electron chi connectivity index (χ3n) is 5.49. The third-order valence-corrected chi connectivity index (χ3v) is 6.54. The number of hydrogen-bond donors (Lipinski definition) is 2. The smallest absolute Gasteiger partial charge is 0.350 e. The molecule has 4 aromatic rings. The van der Waals surface area contributed by atoms with Crippen LogP contribution < -0.4 is 10.6 Å². The van der Waals surface area contributed by atoms with Crippen LogP contribution in [0.25, 0.3) is 21.9 Å². The van der Waals surface area contributed by atoms with E-state index in [1.807, 2.05) is 37.5 Å². The average Bonchev–Trinajstić information content (AvgIpc) is 3.43. The summed E-state index contributed by atoms with van der Waals surface area (Å²) in [6, 6.07) is 9.59. The number of carbonyl (C=O) groups excluding carboxylic acids is 2. The first-order valence-electron chi connectivity index (χ1n) is 11.7. The Balaban J connectivity index is 1.50. The molecule has 0 aliphatic carbocycles. The number of nitriles is 1. The number of benzene rings is 1. The number of anilines is 2. The SMILES string of the molecule is Cc1nc(NC(=O)C[C@H](CC#N)Nc2nccc3ccc(-c4cnn(C)c4)cc23)sc1C(=O)OC(C)C. The van der Waals surface area contributed by atoms with E-state index in [9.17, 15) is 14.9 Å². The number of aromatic nitrogens is 4. The second kappa shape index (κ2) is 11.2. The van der Waals surface area contributed by atoms with Crippen LogP contribution in [0.4, 0.5) is 10.9 Å². The van der Waals surface area contributed by atoms with Gasteiger partial charge in [0.15, 0.2) is 5.13 Å². The monoisotopic (exact) mass is 517 g/mol. The predicted octanol–water partition coefficient (Wildman–Crippen LogP) is 4.69. The molecule has 0 saturated carbocycles. The van der Waals surface area contributed by atoms with Crippen molar-refractivity contribution in [3.63, 3.8) is 0 Å². The molecule has 10 nitrogen and oxygen atoms in total. The van der Waals surface area contributed by atoms with Gasteiger partial charge in [-0.2, -0.15) is 10.4 Å². The number of nitrogens with one attached hydrogen (secondary N) is 2. The molecule has 11 heteroatoms. The summed E-state index contributed by atoms with van der Waals surface area (Å²) < 4.78 is 6.97. The molecule has 37 heavy (non-hydrogen) atoms. The molecule has 1 aromatic carbocycles. The van der Waals surface area contributed by atoms with Crippen molar-refractivity contribution in [2.75, 3.05) is 10.6 Å². The van der Waals surface area contributed by atoms with Crippen LogP contribution in [-0.2, 0) is 16.6 Å². The van der Waals surface area contributed by atoms with E-state index < -0.39 is 12.0 Å². The molecular formula is C26H27N7O3S. The van der Waals surface area contributed by atoms with Gasteiger partial charge in [-0.1, -0.05) is 23.5 Å². The number of hydrogen-bond acceptors (Lipinski definition) is 9. The molecule has 1 amide bonds. The molecule has 2 N–H and O–H groups in total. The molecule has 0 bridgehead atoms. The van der Waals surface area contributed by atoms with Crippen molar-refractivity contribution in [2.45, 2.75) is 45.8 Å². The molecule has 1 atom stereocenters. The molecule has 4 rings (SSSR count). The summed E-state index contributed by atoms with van der Waals surface area (Å²) in [6.07, 6.45) is 5.26. The quantitative estimate of drug-likeness (QED) is 0.305. The molecule has 3 aromatic heterocycles. The van der Waals surface area contributed by atoms with Gasteiger partial charge in [0.1, 0.15) is 10.7 Å². The standard InChI is InChI=1S/C26H27N7O3S/c1-15(2)36-25(35)23-16(3)30-26(37-23)32-22(34)12-20(7-9-27)31-24-21-11-18(19-13-29-33(4)14-19)6-5-17(21)8-10-28-24/h5-6,8,10-11,13-15,20H,7,12H2,1-4H3,(H,28,31)(H,30,32,34)/t20-/m0/s1. The van der Waals surface area contributed by atoms with E-state index in [2.05, 4.69) is 31.8 Å². The average molecular weight is 518 g/mol. The molecular weight excluding hydrogens is 490 g/mol. The zero-order valence-electron chi connectivity index (χ0n) is 21.0. The number of rotatable bonds is 9. The zero-order valence-corrected chi connectivity index (χ0v) is 21.8. The third kappa shape index (κ3) is 6.29. The van der Waals surface area contributed by atoms with Crippen LogP contribution in [0.15, 0.2) is 42.9 Å². The first-order valence-corrected chi connectivity index (χ1v) is 12.5. The van der Waals surface area contributed by atoms with E-state index in [1.165, 1.54) is 0 Å². The lowest BCUT2D eigenvalue weighted by molar-refractivity contribution is -0.116. The van der Waals surface area contributed by atoms with Crippen molar-refractivity contribution < 1.29 is 14.3 Å². The second-order valence-corrected chi connectivity index (χ2v) is 9.84. The predicted molar refractivity (Wildman–Crippen MR) is 142 cm³/mol. The number of nitrogens with zero attached hydrogens (tertiary/aromatic N) is 5. The lowest BCUT2D eigenvalue weighted by atomic mass is 10.0. The first-order chi connectivity index (χ1) is 17.7. The number of pyridine rings is 1. The number of carbonyl (C=O) groups is 2. The van der Waals surface area contributed by atoms with Gasteiger partial charge in [-0.3, -0.25) is 9.48 Å². The fourth-order valence-electron chi connectivity index (χ4n) is 3.81. The molecule has 0 unspecified atom stereocenters. The molecule has 0 radical (unpaired) electrons. The summed E-state index contributed by atoms with van der Waals surface area (Å²) in [5.41, 5.74) is 2.45. The van der Waals surface area contributed by atoms with E-state index >= 15 is 0 Å². The topological polar surface area (TPSA) is 135 Å². The van der Waals surface area contributed by atoms with Gasteiger partial charge in [0.25, 0.3) is 0 Å². The number of thiazole rings is 1. The van der Waals surface area contributed by atoms with Crippen LogP contribution in [0.1, 0.15) is 42.1 Å². The minimum Gasteiger partial charge on any atom is -0.459 e. The molecule has 3 heterocycles. The zero-order chi connectivity index (χ0) is 26.5. The Bertz CT molecular complexity index is 1490. The van der Waals surface area contributed by atoms with Crippen LogP contribution in [0.5, 0.6) is 0 Å². The van der Waals surface area contributed by atoms with Crippen LogP contribution in [-0.4, -0.2) is 43.8 Å². The molecule has 0 fully saturated rings. The Morgan fingerprint density at radius 3 is 2.76 bits per heavy atom. The summed E-state index contributed by atoms with van der Waals surface area (Å²) in [6.45, 7) is 5.22. The highest BCUT2D eigenvalue weighted by Gasteiger charge is 2.21. The van der Waals surface area contributed by atoms with Gasteiger partial charge in [0.2, 0.25) is 5.91 Å². The summed E-state index contributed by atoms with van der Waals surface area (Å²) in [7, 11) is 1.86. The molecule has 190 valence electrons. The lowest BCUT2D eigenvalue weighted by Crippen LogP contribution is -2.26. The molecule has 0 aliphatic rings. The number of amides is 1.